The Balaban J connectivity index is 2.02. The predicted molar refractivity (Wildman–Crippen MR) is 46.6 cm³/mol. The van der Waals surface area contributed by atoms with Crippen molar-refractivity contribution >= 4 is 10.2 Å². The second-order valence-electron chi connectivity index (χ2n) is 2.81. The van der Waals surface area contributed by atoms with Crippen LogP contribution in [-0.2, 0) is 4.74 Å². The average molecular weight is 159 g/mol. The van der Waals surface area contributed by atoms with Gasteiger partial charge in [0, 0.05) is 23.3 Å². The quantitative estimate of drug-likeness (QED) is 0.514. The third-order valence-electron chi connectivity index (χ3n) is 1.93. The first kappa shape index (κ1) is 8.24. The van der Waals surface area contributed by atoms with Gasteiger partial charge in [0.2, 0.25) is 0 Å². The maximum Gasteiger partial charge on any atom is 0.0594 e. The van der Waals surface area contributed by atoms with E-state index < -0.39 is 0 Å². The Morgan fingerprint density at radius 3 is 2.60 bits per heavy atom. The van der Waals surface area contributed by atoms with E-state index in [0.717, 1.165) is 26.3 Å². The topological polar surface area (TPSA) is 12.5 Å². The van der Waals surface area contributed by atoms with E-state index >= 15 is 0 Å². The van der Waals surface area contributed by atoms with E-state index in [-0.39, 0.29) is 0 Å². The first-order valence-corrected chi connectivity index (χ1v) is 5.65. The number of morpholine rings is 1. The molecule has 1 heterocycles. The lowest BCUT2D eigenvalue weighted by Gasteiger charge is -2.26. The molecule has 0 aromatic carbocycles. The van der Waals surface area contributed by atoms with Crippen LogP contribution >= 0.6 is 0 Å². The number of rotatable bonds is 3. The van der Waals surface area contributed by atoms with Crippen LogP contribution < -0.4 is 0 Å². The van der Waals surface area contributed by atoms with Gasteiger partial charge in [0.15, 0.2) is 0 Å². The molecule has 0 amide bonds. The van der Waals surface area contributed by atoms with E-state index in [1.54, 1.807) is 0 Å². The summed E-state index contributed by atoms with van der Waals surface area (Å²) in [5.41, 5.74) is 0. The van der Waals surface area contributed by atoms with Gasteiger partial charge in [0.05, 0.1) is 13.2 Å². The van der Waals surface area contributed by atoms with Crippen molar-refractivity contribution < 1.29 is 4.74 Å². The van der Waals surface area contributed by atoms with Gasteiger partial charge in [-0.25, -0.2) is 0 Å². The largest absolute Gasteiger partial charge is 0.379 e. The van der Waals surface area contributed by atoms with Crippen LogP contribution in [0.3, 0.4) is 0 Å². The van der Waals surface area contributed by atoms with Crippen molar-refractivity contribution in [2.24, 2.45) is 0 Å². The maximum absolute atomic E-state index is 5.25. The van der Waals surface area contributed by atoms with Crippen molar-refractivity contribution in [2.45, 2.75) is 12.5 Å². The Kier molecular flexibility index (Phi) is 4.02. The summed E-state index contributed by atoms with van der Waals surface area (Å²) < 4.78 is 5.25. The molecule has 0 unspecified atom stereocenters. The number of nitrogens with zero attached hydrogens (tertiary/aromatic N) is 1. The molecule has 1 aliphatic rings. The van der Waals surface area contributed by atoms with Crippen LogP contribution in [-0.4, -0.2) is 48.0 Å². The van der Waals surface area contributed by atoms with Crippen molar-refractivity contribution in [3.63, 3.8) is 0 Å². The first-order valence-electron chi connectivity index (χ1n) is 4.23. The molecule has 0 aliphatic carbocycles. The van der Waals surface area contributed by atoms with Crippen molar-refractivity contribution in [2.75, 3.05) is 32.8 Å². The molecule has 10 heavy (non-hydrogen) atoms. The number of hydrogen-bond acceptors (Lipinski definition) is 2. The Bertz CT molecular complexity index is 83.7. The maximum atomic E-state index is 5.25. The molecule has 0 N–H and O–H groups in total. The fraction of sp³-hybridized carbons (Fsp3) is 1.00. The summed E-state index contributed by atoms with van der Waals surface area (Å²) in [5.74, 6) is 0. The van der Waals surface area contributed by atoms with Crippen molar-refractivity contribution in [1.29, 1.82) is 0 Å². The van der Waals surface area contributed by atoms with Gasteiger partial charge < -0.3 is 4.74 Å². The van der Waals surface area contributed by atoms with Gasteiger partial charge in [-0.1, -0.05) is 6.04 Å². The van der Waals surface area contributed by atoms with Crippen LogP contribution in [0.5, 0.6) is 0 Å². The van der Waals surface area contributed by atoms with Crippen LogP contribution in [0, 0.1) is 0 Å². The third kappa shape index (κ3) is 2.81. The summed E-state index contributed by atoms with van der Waals surface area (Å²) in [6, 6.07) is 1.44. The minimum Gasteiger partial charge on any atom is -0.379 e. The Hall–Kier alpha value is 0.137. The molecule has 0 radical (unpaired) electrons. The second-order valence-corrected chi connectivity index (χ2v) is 3.81. The van der Waals surface area contributed by atoms with E-state index in [2.05, 4.69) is 4.90 Å². The molecule has 1 rings (SSSR count). The first-order chi connectivity index (χ1) is 4.93. The fourth-order valence-corrected chi connectivity index (χ4v) is 1.52. The lowest BCUT2D eigenvalue weighted by molar-refractivity contribution is 0.0380. The Labute approximate surface area is 66.0 Å². The number of hydrogen-bond donors (Lipinski definition) is 0. The molecule has 0 saturated carbocycles. The Morgan fingerprint density at radius 1 is 1.30 bits per heavy atom. The summed E-state index contributed by atoms with van der Waals surface area (Å²) >= 11 is 0. The molecule has 1 saturated heterocycles. The highest BCUT2D eigenvalue weighted by atomic mass is 28.1. The summed E-state index contributed by atoms with van der Waals surface area (Å²) in [5, 5.41) is 0. The molecule has 0 bridgehead atoms. The smallest absolute Gasteiger partial charge is 0.0594 e. The van der Waals surface area contributed by atoms with Crippen molar-refractivity contribution in [1.82, 2.24) is 4.90 Å². The lowest BCUT2D eigenvalue weighted by atomic mass is 10.3. The molecule has 1 fully saturated rings. The van der Waals surface area contributed by atoms with Crippen LogP contribution in [0.25, 0.3) is 0 Å². The summed E-state index contributed by atoms with van der Waals surface area (Å²) in [6.45, 7) is 5.50. The van der Waals surface area contributed by atoms with E-state index in [1.807, 2.05) is 0 Å². The molecule has 2 nitrogen and oxygen atoms in total. The zero-order valence-corrected chi connectivity index (χ0v) is 8.81. The van der Waals surface area contributed by atoms with Crippen LogP contribution in [0.15, 0.2) is 0 Å². The third-order valence-corrected chi connectivity index (χ3v) is 2.64. The van der Waals surface area contributed by atoms with E-state index in [9.17, 15) is 0 Å². The minimum atomic E-state index is 0.946. The summed E-state index contributed by atoms with van der Waals surface area (Å²) in [6.07, 6.45) is 1.40. The highest BCUT2D eigenvalue weighted by molar-refractivity contribution is 6.08. The minimum absolute atomic E-state index is 0.946. The monoisotopic (exact) mass is 159 g/mol. The highest BCUT2D eigenvalue weighted by Gasteiger charge is 2.07. The second kappa shape index (κ2) is 4.88. The van der Waals surface area contributed by atoms with E-state index in [1.165, 1.54) is 29.3 Å². The van der Waals surface area contributed by atoms with Gasteiger partial charge in [0.25, 0.3) is 0 Å². The molecular formula is C7H17NOSi. The zero-order valence-electron chi connectivity index (χ0n) is 6.81. The van der Waals surface area contributed by atoms with Gasteiger partial charge in [0.1, 0.15) is 0 Å². The summed E-state index contributed by atoms with van der Waals surface area (Å²) in [4.78, 5) is 2.50. The number of ether oxygens (including phenoxy) is 1. The van der Waals surface area contributed by atoms with Gasteiger partial charge in [-0.05, 0) is 13.0 Å². The molecule has 60 valence electrons. The standard InChI is InChI=1S/C7H17NOSi/c10-7-1-2-8-3-5-9-6-4-8/h1-7H2,10H3. The van der Waals surface area contributed by atoms with Gasteiger partial charge >= 0.3 is 0 Å². The predicted octanol–water partition coefficient (Wildman–Crippen LogP) is -0.508. The van der Waals surface area contributed by atoms with Crippen LogP contribution in [0.1, 0.15) is 6.42 Å². The average Bonchev–Trinajstić information content (AvgIpc) is 2.03. The van der Waals surface area contributed by atoms with Crippen molar-refractivity contribution in [3.8, 4) is 0 Å². The fourth-order valence-electron chi connectivity index (χ4n) is 1.21. The lowest BCUT2D eigenvalue weighted by Crippen LogP contribution is -2.36. The van der Waals surface area contributed by atoms with E-state index in [0.29, 0.717) is 0 Å². The van der Waals surface area contributed by atoms with Gasteiger partial charge in [-0.2, -0.15) is 0 Å². The SMILES string of the molecule is [SiH3]CCCN1CCOCC1. The summed E-state index contributed by atoms with van der Waals surface area (Å²) in [7, 11) is 1.36. The molecule has 3 heteroatoms. The highest BCUT2D eigenvalue weighted by Crippen LogP contribution is 1.98. The molecule has 0 aromatic rings. The zero-order chi connectivity index (χ0) is 7.23. The van der Waals surface area contributed by atoms with Gasteiger partial charge in [-0.3, -0.25) is 4.90 Å². The van der Waals surface area contributed by atoms with E-state index in [4.69, 9.17) is 4.74 Å². The molecule has 1 aliphatic heterocycles. The normalized spacial score (nSPS) is 21.6. The Morgan fingerprint density at radius 2 is 2.00 bits per heavy atom. The molecule has 0 atom stereocenters. The molecule has 0 aromatic heterocycles. The van der Waals surface area contributed by atoms with Crippen LogP contribution in [0.2, 0.25) is 6.04 Å². The molecule has 0 spiro atoms. The molecular weight excluding hydrogens is 142 g/mol. The van der Waals surface area contributed by atoms with Crippen molar-refractivity contribution in [3.05, 3.63) is 0 Å². The van der Waals surface area contributed by atoms with Crippen LogP contribution in [0.4, 0.5) is 0 Å². The van der Waals surface area contributed by atoms with Gasteiger partial charge in [-0.15, -0.1) is 0 Å².